The van der Waals surface area contributed by atoms with Crippen molar-refractivity contribution in [3.05, 3.63) is 71.3 Å². The molecule has 0 bridgehead atoms. The second-order valence-corrected chi connectivity index (χ2v) is 6.92. The van der Waals surface area contributed by atoms with Gasteiger partial charge >= 0.3 is 5.97 Å². The van der Waals surface area contributed by atoms with Gasteiger partial charge in [-0.3, -0.25) is 9.80 Å². The van der Waals surface area contributed by atoms with Gasteiger partial charge in [-0.15, -0.1) is 0 Å². The number of unbranched alkanes of at least 4 members (excludes halogenated alkanes) is 1. The number of carbonyl (C=O) groups excluding carboxylic acids is 1. The molecule has 142 valence electrons. The molecular weight excluding hydrogens is 340 g/mol. The van der Waals surface area contributed by atoms with E-state index >= 15 is 0 Å². The number of nitrogens with zero attached hydrogens (tertiary/aromatic N) is 2. The standard InChI is InChI=1S/C22H26N2O3/c25-21-14-16-23(15-5-4-8-18-6-2-1-3-7-18)24(21)17-13-19-9-11-20(12-10-19)22(26)27/h1-3,6-7,9-12H,4-5,8,13-17H2,(H,26,27). The van der Waals surface area contributed by atoms with E-state index in [0.717, 1.165) is 44.3 Å². The number of rotatable bonds is 9. The minimum absolute atomic E-state index is 0.181. The van der Waals surface area contributed by atoms with Crippen LogP contribution in [-0.2, 0) is 17.6 Å². The number of hydrogen-bond acceptors (Lipinski definition) is 3. The fourth-order valence-electron chi connectivity index (χ4n) is 3.45. The van der Waals surface area contributed by atoms with E-state index in [1.807, 2.05) is 23.2 Å². The van der Waals surface area contributed by atoms with Crippen molar-refractivity contribution in [2.75, 3.05) is 19.6 Å². The molecule has 0 radical (unpaired) electrons. The lowest BCUT2D eigenvalue weighted by molar-refractivity contribution is -0.137. The third kappa shape index (κ3) is 5.41. The number of carboxylic acid groups (broad SMARTS) is 1. The summed E-state index contributed by atoms with van der Waals surface area (Å²) in [6.45, 7) is 2.34. The van der Waals surface area contributed by atoms with Crippen LogP contribution < -0.4 is 0 Å². The Morgan fingerprint density at radius 3 is 2.30 bits per heavy atom. The summed E-state index contributed by atoms with van der Waals surface area (Å²) in [5, 5.41) is 13.0. The SMILES string of the molecule is O=C(O)c1ccc(CCN2C(=O)CCN2CCCCc2ccccc2)cc1. The average molecular weight is 366 g/mol. The van der Waals surface area contributed by atoms with Crippen molar-refractivity contribution in [1.29, 1.82) is 0 Å². The Bertz CT molecular complexity index is 759. The number of hydrazine groups is 1. The second kappa shape index (κ2) is 9.33. The largest absolute Gasteiger partial charge is 0.478 e. The maximum atomic E-state index is 12.2. The lowest BCUT2D eigenvalue weighted by Gasteiger charge is -2.28. The van der Waals surface area contributed by atoms with Crippen LogP contribution in [0.4, 0.5) is 0 Å². The Labute approximate surface area is 160 Å². The van der Waals surface area contributed by atoms with Crippen molar-refractivity contribution in [3.63, 3.8) is 0 Å². The summed E-state index contributed by atoms with van der Waals surface area (Å²) >= 11 is 0. The zero-order valence-corrected chi connectivity index (χ0v) is 15.5. The number of aryl methyl sites for hydroxylation is 1. The van der Waals surface area contributed by atoms with Crippen LogP contribution >= 0.6 is 0 Å². The van der Waals surface area contributed by atoms with E-state index in [1.165, 1.54) is 5.56 Å². The first-order valence-corrected chi connectivity index (χ1v) is 9.55. The topological polar surface area (TPSA) is 60.9 Å². The van der Waals surface area contributed by atoms with Gasteiger partial charge in [0.25, 0.3) is 0 Å². The molecule has 2 aromatic rings. The molecule has 0 aliphatic carbocycles. The molecule has 1 aliphatic rings. The Balaban J connectivity index is 1.45. The number of benzene rings is 2. The molecule has 0 spiro atoms. The highest BCUT2D eigenvalue weighted by Gasteiger charge is 2.27. The molecule has 2 aromatic carbocycles. The van der Waals surface area contributed by atoms with Gasteiger partial charge in [0.1, 0.15) is 0 Å². The third-order valence-corrected chi connectivity index (χ3v) is 5.00. The van der Waals surface area contributed by atoms with Crippen molar-refractivity contribution in [2.45, 2.75) is 32.1 Å². The molecule has 0 aromatic heterocycles. The monoisotopic (exact) mass is 366 g/mol. The highest BCUT2D eigenvalue weighted by Crippen LogP contribution is 2.15. The Morgan fingerprint density at radius 1 is 0.889 bits per heavy atom. The van der Waals surface area contributed by atoms with Crippen LogP contribution in [0.3, 0.4) is 0 Å². The van der Waals surface area contributed by atoms with Crippen LogP contribution in [0.2, 0.25) is 0 Å². The molecule has 0 atom stereocenters. The minimum Gasteiger partial charge on any atom is -0.478 e. The summed E-state index contributed by atoms with van der Waals surface area (Å²) in [5.41, 5.74) is 2.69. The fraction of sp³-hybridized carbons (Fsp3) is 0.364. The molecule has 1 heterocycles. The van der Waals surface area contributed by atoms with Gasteiger partial charge in [-0.1, -0.05) is 42.5 Å². The molecule has 1 aliphatic heterocycles. The molecule has 3 rings (SSSR count). The van der Waals surface area contributed by atoms with Crippen LogP contribution in [0.25, 0.3) is 0 Å². The molecule has 27 heavy (non-hydrogen) atoms. The molecule has 1 saturated heterocycles. The summed E-state index contributed by atoms with van der Waals surface area (Å²) in [7, 11) is 0. The van der Waals surface area contributed by atoms with Crippen LogP contribution in [0.1, 0.15) is 40.7 Å². The highest BCUT2D eigenvalue weighted by atomic mass is 16.4. The molecule has 1 fully saturated rings. The van der Waals surface area contributed by atoms with E-state index in [0.29, 0.717) is 13.0 Å². The summed E-state index contributed by atoms with van der Waals surface area (Å²) in [6.07, 6.45) is 4.55. The predicted octanol–water partition coefficient (Wildman–Crippen LogP) is 3.40. The smallest absolute Gasteiger partial charge is 0.335 e. The molecular formula is C22H26N2O3. The van der Waals surface area contributed by atoms with Crippen molar-refractivity contribution in [2.24, 2.45) is 0 Å². The molecule has 5 nitrogen and oxygen atoms in total. The zero-order valence-electron chi connectivity index (χ0n) is 15.5. The van der Waals surface area contributed by atoms with E-state index in [9.17, 15) is 9.59 Å². The Morgan fingerprint density at radius 2 is 1.59 bits per heavy atom. The Hall–Kier alpha value is -2.66. The highest BCUT2D eigenvalue weighted by molar-refractivity contribution is 5.87. The molecule has 0 unspecified atom stereocenters. The van der Waals surface area contributed by atoms with Gasteiger partial charge in [-0.25, -0.2) is 9.80 Å². The number of carboxylic acids is 1. The first-order valence-electron chi connectivity index (χ1n) is 9.55. The fourth-order valence-corrected chi connectivity index (χ4v) is 3.45. The van der Waals surface area contributed by atoms with Gasteiger partial charge in [-0.05, 0) is 48.9 Å². The zero-order chi connectivity index (χ0) is 19.1. The van der Waals surface area contributed by atoms with E-state index in [1.54, 1.807) is 12.1 Å². The molecule has 5 heteroatoms. The number of carbonyl (C=O) groups is 2. The van der Waals surface area contributed by atoms with Crippen molar-refractivity contribution in [3.8, 4) is 0 Å². The normalized spacial score (nSPS) is 14.7. The quantitative estimate of drug-likeness (QED) is 0.691. The van der Waals surface area contributed by atoms with Gasteiger partial charge in [0.2, 0.25) is 5.91 Å². The number of amides is 1. The van der Waals surface area contributed by atoms with Gasteiger partial charge in [0.15, 0.2) is 0 Å². The van der Waals surface area contributed by atoms with Crippen LogP contribution in [0, 0.1) is 0 Å². The van der Waals surface area contributed by atoms with Crippen LogP contribution in [0.5, 0.6) is 0 Å². The summed E-state index contributed by atoms with van der Waals surface area (Å²) in [6, 6.07) is 17.4. The van der Waals surface area contributed by atoms with Gasteiger partial charge < -0.3 is 5.11 Å². The third-order valence-electron chi connectivity index (χ3n) is 5.00. The maximum Gasteiger partial charge on any atom is 0.335 e. The number of hydrogen-bond donors (Lipinski definition) is 1. The van der Waals surface area contributed by atoms with Crippen molar-refractivity contribution >= 4 is 11.9 Å². The van der Waals surface area contributed by atoms with Crippen molar-refractivity contribution < 1.29 is 14.7 Å². The molecule has 0 saturated carbocycles. The van der Waals surface area contributed by atoms with E-state index in [2.05, 4.69) is 29.3 Å². The summed E-state index contributed by atoms with van der Waals surface area (Å²) in [5.74, 6) is -0.738. The molecule has 1 N–H and O–H groups in total. The predicted molar refractivity (Wildman–Crippen MR) is 104 cm³/mol. The maximum absolute atomic E-state index is 12.2. The Kier molecular flexibility index (Phi) is 6.60. The lowest BCUT2D eigenvalue weighted by Crippen LogP contribution is -2.40. The van der Waals surface area contributed by atoms with Gasteiger partial charge in [-0.2, -0.15) is 0 Å². The molecule has 1 amide bonds. The van der Waals surface area contributed by atoms with E-state index < -0.39 is 5.97 Å². The van der Waals surface area contributed by atoms with E-state index in [-0.39, 0.29) is 11.5 Å². The first-order chi connectivity index (χ1) is 13.1. The minimum atomic E-state index is -0.919. The average Bonchev–Trinajstić information content (AvgIpc) is 3.04. The van der Waals surface area contributed by atoms with Crippen LogP contribution in [0.15, 0.2) is 54.6 Å². The van der Waals surface area contributed by atoms with Gasteiger partial charge in [0.05, 0.1) is 5.56 Å². The van der Waals surface area contributed by atoms with E-state index in [4.69, 9.17) is 5.11 Å². The van der Waals surface area contributed by atoms with Crippen LogP contribution in [-0.4, -0.2) is 46.6 Å². The summed E-state index contributed by atoms with van der Waals surface area (Å²) in [4.78, 5) is 23.1. The lowest BCUT2D eigenvalue weighted by atomic mass is 10.1. The second-order valence-electron chi connectivity index (χ2n) is 6.92. The van der Waals surface area contributed by atoms with Gasteiger partial charge in [0, 0.05) is 26.1 Å². The first kappa shape index (κ1) is 19.1. The number of aromatic carboxylic acids is 1. The van der Waals surface area contributed by atoms with Crippen molar-refractivity contribution in [1.82, 2.24) is 10.0 Å². The summed E-state index contributed by atoms with van der Waals surface area (Å²) < 4.78 is 0.